The second kappa shape index (κ2) is 5.79. The Morgan fingerprint density at radius 2 is 2.05 bits per heavy atom. The van der Waals surface area contributed by atoms with Crippen molar-refractivity contribution in [1.82, 2.24) is 14.9 Å². The van der Waals surface area contributed by atoms with Gasteiger partial charge in [-0.15, -0.1) is 0 Å². The molecule has 0 bridgehead atoms. The number of nitrogens with zero attached hydrogens (tertiary/aromatic N) is 3. The fourth-order valence-corrected chi connectivity index (χ4v) is 1.76. The molecule has 6 heteroatoms. The van der Waals surface area contributed by atoms with E-state index in [1.807, 2.05) is 45.0 Å². The Bertz CT molecular complexity index is 625. The Morgan fingerprint density at radius 1 is 1.37 bits per heavy atom. The van der Waals surface area contributed by atoms with Gasteiger partial charge in [-0.2, -0.15) is 14.9 Å². The Kier molecular flexibility index (Phi) is 4.11. The van der Waals surface area contributed by atoms with Gasteiger partial charge in [0.15, 0.2) is 0 Å². The second-order valence-electron chi connectivity index (χ2n) is 4.37. The van der Waals surface area contributed by atoms with E-state index in [2.05, 4.69) is 15.3 Å². The van der Waals surface area contributed by atoms with Gasteiger partial charge in [-0.1, -0.05) is 0 Å². The highest BCUT2D eigenvalue weighted by molar-refractivity contribution is 7.71. The number of nitrogens with one attached hydrogen (secondary N) is 1. The van der Waals surface area contributed by atoms with Crippen molar-refractivity contribution in [3.8, 4) is 5.75 Å². The van der Waals surface area contributed by atoms with Gasteiger partial charge in [-0.05, 0) is 62.8 Å². The minimum Gasteiger partial charge on any atom is -0.491 e. The summed E-state index contributed by atoms with van der Waals surface area (Å²) in [6.07, 6.45) is 1.91. The highest BCUT2D eigenvalue weighted by Gasteiger charge is 1.99. The van der Waals surface area contributed by atoms with Gasteiger partial charge in [-0.25, -0.2) is 0 Å². The number of aryl methyl sites for hydroxylation is 1. The predicted octanol–water partition coefficient (Wildman–Crippen LogP) is 2.92. The molecule has 0 aliphatic rings. The summed E-state index contributed by atoms with van der Waals surface area (Å²) in [5.41, 5.74) is 0.971. The van der Waals surface area contributed by atoms with Gasteiger partial charge in [0.05, 0.1) is 12.3 Å². The van der Waals surface area contributed by atoms with E-state index in [-0.39, 0.29) is 6.10 Å². The van der Waals surface area contributed by atoms with Gasteiger partial charge in [0.1, 0.15) is 11.6 Å². The van der Waals surface area contributed by atoms with E-state index in [0.717, 1.165) is 17.1 Å². The first-order valence-electron chi connectivity index (χ1n) is 6.01. The Hall–Kier alpha value is -1.95. The van der Waals surface area contributed by atoms with Crippen LogP contribution < -0.4 is 4.74 Å². The lowest BCUT2D eigenvalue weighted by Gasteiger charge is -2.09. The van der Waals surface area contributed by atoms with Gasteiger partial charge in [-0.3, -0.25) is 5.10 Å². The van der Waals surface area contributed by atoms with Crippen LogP contribution in [-0.2, 0) is 0 Å². The van der Waals surface area contributed by atoms with E-state index < -0.39 is 0 Å². The van der Waals surface area contributed by atoms with E-state index in [1.54, 1.807) is 10.9 Å². The molecule has 1 aromatic heterocycles. The molecule has 0 spiro atoms. The SMILES string of the molecule is Cc1n[nH]c(=S)n1/N=C/c1ccc(OC(C)C)cc1. The summed E-state index contributed by atoms with van der Waals surface area (Å²) in [4.78, 5) is 0. The molecule has 100 valence electrons. The molecular formula is C13H16N4OS. The zero-order valence-electron chi connectivity index (χ0n) is 11.1. The third-order valence-electron chi connectivity index (χ3n) is 2.39. The van der Waals surface area contributed by atoms with Crippen molar-refractivity contribution in [2.75, 3.05) is 0 Å². The summed E-state index contributed by atoms with van der Waals surface area (Å²) in [5, 5.41) is 11.0. The topological polar surface area (TPSA) is 55.2 Å². The molecule has 0 aliphatic heterocycles. The lowest BCUT2D eigenvalue weighted by Crippen LogP contribution is -2.05. The van der Waals surface area contributed by atoms with E-state index in [0.29, 0.717) is 4.77 Å². The molecule has 0 unspecified atom stereocenters. The first-order valence-corrected chi connectivity index (χ1v) is 6.42. The molecule has 1 heterocycles. The van der Waals surface area contributed by atoms with Crippen LogP contribution in [0.1, 0.15) is 25.2 Å². The maximum atomic E-state index is 5.58. The predicted molar refractivity (Wildman–Crippen MR) is 77.3 cm³/mol. The van der Waals surface area contributed by atoms with Crippen molar-refractivity contribution >= 4 is 18.4 Å². The van der Waals surface area contributed by atoms with Crippen molar-refractivity contribution in [3.63, 3.8) is 0 Å². The number of rotatable bonds is 4. The third-order valence-corrected chi connectivity index (χ3v) is 2.65. The maximum Gasteiger partial charge on any atom is 0.216 e. The smallest absolute Gasteiger partial charge is 0.216 e. The van der Waals surface area contributed by atoms with Crippen LogP contribution in [0.2, 0.25) is 0 Å². The summed E-state index contributed by atoms with van der Waals surface area (Å²) in [6, 6.07) is 7.73. The Balaban J connectivity index is 2.14. The molecule has 0 aliphatic carbocycles. The zero-order chi connectivity index (χ0) is 13.8. The molecule has 2 aromatic rings. The minimum atomic E-state index is 0.173. The highest BCUT2D eigenvalue weighted by atomic mass is 32.1. The van der Waals surface area contributed by atoms with E-state index >= 15 is 0 Å². The molecule has 0 fully saturated rings. The molecule has 0 atom stereocenters. The largest absolute Gasteiger partial charge is 0.491 e. The van der Waals surface area contributed by atoms with Crippen LogP contribution in [0.3, 0.4) is 0 Å². The lowest BCUT2D eigenvalue weighted by atomic mass is 10.2. The summed E-state index contributed by atoms with van der Waals surface area (Å²) in [5.74, 6) is 1.57. The lowest BCUT2D eigenvalue weighted by molar-refractivity contribution is 0.242. The monoisotopic (exact) mass is 276 g/mol. The summed E-state index contributed by atoms with van der Waals surface area (Å²) in [7, 11) is 0. The molecule has 0 amide bonds. The van der Waals surface area contributed by atoms with Crippen molar-refractivity contribution in [3.05, 3.63) is 40.4 Å². The number of hydrogen-bond acceptors (Lipinski definition) is 4. The maximum absolute atomic E-state index is 5.58. The van der Waals surface area contributed by atoms with Crippen LogP contribution in [0, 0.1) is 11.7 Å². The summed E-state index contributed by atoms with van der Waals surface area (Å²) in [6.45, 7) is 5.83. The van der Waals surface area contributed by atoms with E-state index in [9.17, 15) is 0 Å². The minimum absolute atomic E-state index is 0.173. The number of aromatic amines is 1. The first kappa shape index (κ1) is 13.5. The molecule has 19 heavy (non-hydrogen) atoms. The summed E-state index contributed by atoms with van der Waals surface area (Å²) < 4.78 is 7.63. The van der Waals surface area contributed by atoms with Gasteiger partial charge >= 0.3 is 0 Å². The normalized spacial score (nSPS) is 11.4. The molecule has 0 saturated carbocycles. The number of ether oxygens (including phenoxy) is 1. The average Bonchev–Trinajstić information content (AvgIpc) is 2.68. The Morgan fingerprint density at radius 3 is 2.58 bits per heavy atom. The zero-order valence-corrected chi connectivity index (χ0v) is 11.9. The summed E-state index contributed by atoms with van der Waals surface area (Å²) >= 11 is 5.07. The molecular weight excluding hydrogens is 260 g/mol. The number of H-pyrrole nitrogens is 1. The van der Waals surface area contributed by atoms with Gasteiger partial charge < -0.3 is 4.74 Å². The highest BCUT2D eigenvalue weighted by Crippen LogP contribution is 2.12. The van der Waals surface area contributed by atoms with Crippen LogP contribution in [0.4, 0.5) is 0 Å². The van der Waals surface area contributed by atoms with Crippen LogP contribution in [0.25, 0.3) is 0 Å². The molecule has 1 N–H and O–H groups in total. The average molecular weight is 276 g/mol. The number of aromatic nitrogens is 3. The van der Waals surface area contributed by atoms with Gasteiger partial charge in [0.2, 0.25) is 4.77 Å². The second-order valence-corrected chi connectivity index (χ2v) is 4.75. The molecule has 5 nitrogen and oxygen atoms in total. The standard InChI is InChI=1S/C13H16N4OS/c1-9(2)18-12-6-4-11(5-7-12)8-14-17-10(3)15-16-13(17)19/h4-9H,1-3H3,(H,16,19)/b14-8+. The molecule has 0 saturated heterocycles. The van der Waals surface area contributed by atoms with Gasteiger partial charge in [0.25, 0.3) is 0 Å². The number of benzene rings is 1. The first-order chi connectivity index (χ1) is 9.06. The van der Waals surface area contributed by atoms with Crippen molar-refractivity contribution in [1.29, 1.82) is 0 Å². The van der Waals surface area contributed by atoms with E-state index in [1.165, 1.54) is 0 Å². The van der Waals surface area contributed by atoms with Crippen LogP contribution in [0.15, 0.2) is 29.4 Å². The Labute approximate surface area is 116 Å². The molecule has 0 radical (unpaired) electrons. The molecule has 1 aromatic carbocycles. The number of hydrogen-bond donors (Lipinski definition) is 1. The fraction of sp³-hybridized carbons (Fsp3) is 0.308. The van der Waals surface area contributed by atoms with Crippen molar-refractivity contribution in [2.45, 2.75) is 26.9 Å². The van der Waals surface area contributed by atoms with E-state index in [4.69, 9.17) is 17.0 Å². The van der Waals surface area contributed by atoms with Crippen LogP contribution >= 0.6 is 12.2 Å². The van der Waals surface area contributed by atoms with Crippen LogP contribution in [0.5, 0.6) is 5.75 Å². The van der Waals surface area contributed by atoms with Crippen molar-refractivity contribution in [2.24, 2.45) is 5.10 Å². The van der Waals surface area contributed by atoms with Crippen molar-refractivity contribution < 1.29 is 4.74 Å². The third kappa shape index (κ3) is 3.51. The quantitative estimate of drug-likeness (QED) is 0.690. The molecule has 2 rings (SSSR count). The van der Waals surface area contributed by atoms with Gasteiger partial charge in [0, 0.05) is 0 Å². The van der Waals surface area contributed by atoms with Crippen LogP contribution in [-0.4, -0.2) is 27.2 Å². The fourth-order valence-electron chi connectivity index (χ4n) is 1.54.